The largest absolute Gasteiger partial charge is 0.494 e. The molecule has 1 aromatic carbocycles. The van der Waals surface area contributed by atoms with Crippen molar-refractivity contribution < 1.29 is 9.53 Å². The van der Waals surface area contributed by atoms with E-state index in [-0.39, 0.29) is 0 Å². The number of aldehydes is 1. The van der Waals surface area contributed by atoms with Crippen molar-refractivity contribution in [1.29, 1.82) is 0 Å². The lowest BCUT2D eigenvalue weighted by Crippen LogP contribution is -1.96. The molecule has 20 heavy (non-hydrogen) atoms. The van der Waals surface area contributed by atoms with Gasteiger partial charge in [0.25, 0.3) is 0 Å². The van der Waals surface area contributed by atoms with Crippen LogP contribution in [0.25, 0.3) is 0 Å². The SMILES string of the molecule is O=CCCCCCCCCCCCOc1ccccc1. The van der Waals surface area contributed by atoms with E-state index in [0.29, 0.717) is 0 Å². The third-order valence-electron chi connectivity index (χ3n) is 3.48. The van der Waals surface area contributed by atoms with E-state index in [9.17, 15) is 4.79 Å². The first kappa shape index (κ1) is 16.7. The van der Waals surface area contributed by atoms with Gasteiger partial charge < -0.3 is 9.53 Å². The second kappa shape index (κ2) is 12.7. The van der Waals surface area contributed by atoms with Crippen LogP contribution >= 0.6 is 0 Å². The summed E-state index contributed by atoms with van der Waals surface area (Å²) < 4.78 is 5.66. The first-order valence-corrected chi connectivity index (χ1v) is 8.05. The van der Waals surface area contributed by atoms with Crippen LogP contribution in [0, 0.1) is 0 Å². The second-order valence-electron chi connectivity index (χ2n) is 5.30. The van der Waals surface area contributed by atoms with E-state index < -0.39 is 0 Å². The zero-order valence-corrected chi connectivity index (χ0v) is 12.6. The summed E-state index contributed by atoms with van der Waals surface area (Å²) in [6, 6.07) is 10.0. The maximum Gasteiger partial charge on any atom is 0.119 e. The van der Waals surface area contributed by atoms with Crippen molar-refractivity contribution in [2.75, 3.05) is 6.61 Å². The van der Waals surface area contributed by atoms with Gasteiger partial charge in [0.1, 0.15) is 12.0 Å². The summed E-state index contributed by atoms with van der Waals surface area (Å²) in [6.07, 6.45) is 13.0. The van der Waals surface area contributed by atoms with Crippen molar-refractivity contribution in [2.45, 2.75) is 64.2 Å². The molecule has 0 fully saturated rings. The third-order valence-corrected chi connectivity index (χ3v) is 3.48. The van der Waals surface area contributed by atoms with Crippen molar-refractivity contribution in [1.82, 2.24) is 0 Å². The zero-order valence-electron chi connectivity index (χ0n) is 12.6. The highest BCUT2D eigenvalue weighted by Gasteiger charge is 1.94. The van der Waals surface area contributed by atoms with E-state index in [4.69, 9.17) is 4.74 Å². The van der Waals surface area contributed by atoms with Gasteiger partial charge in [-0.15, -0.1) is 0 Å². The summed E-state index contributed by atoms with van der Waals surface area (Å²) in [7, 11) is 0. The third kappa shape index (κ3) is 9.60. The smallest absolute Gasteiger partial charge is 0.119 e. The van der Waals surface area contributed by atoms with E-state index in [1.807, 2.05) is 30.3 Å². The van der Waals surface area contributed by atoms with Gasteiger partial charge in [-0.3, -0.25) is 0 Å². The fraction of sp³-hybridized carbons (Fsp3) is 0.611. The lowest BCUT2D eigenvalue weighted by molar-refractivity contribution is -0.107. The second-order valence-corrected chi connectivity index (χ2v) is 5.30. The van der Waals surface area contributed by atoms with E-state index in [0.717, 1.165) is 37.9 Å². The molecule has 0 atom stereocenters. The van der Waals surface area contributed by atoms with Crippen LogP contribution in [0.1, 0.15) is 64.2 Å². The van der Waals surface area contributed by atoms with Crippen LogP contribution < -0.4 is 4.74 Å². The predicted molar refractivity (Wildman–Crippen MR) is 84.2 cm³/mol. The molecule has 0 aliphatic rings. The maximum atomic E-state index is 10.1. The fourth-order valence-electron chi connectivity index (χ4n) is 2.27. The van der Waals surface area contributed by atoms with Crippen LogP contribution in [0.3, 0.4) is 0 Å². The average molecular weight is 276 g/mol. The first-order chi connectivity index (χ1) is 9.93. The van der Waals surface area contributed by atoms with Crippen LogP contribution in [0.5, 0.6) is 5.75 Å². The number of carbonyl (C=O) groups is 1. The summed E-state index contributed by atoms with van der Waals surface area (Å²) in [6.45, 7) is 0.829. The van der Waals surface area contributed by atoms with Crippen LogP contribution in [0.2, 0.25) is 0 Å². The van der Waals surface area contributed by atoms with Crippen molar-refractivity contribution in [3.8, 4) is 5.75 Å². The number of para-hydroxylation sites is 1. The molecule has 0 aliphatic carbocycles. The number of hydrogen-bond donors (Lipinski definition) is 0. The van der Waals surface area contributed by atoms with Crippen molar-refractivity contribution in [2.24, 2.45) is 0 Å². The standard InChI is InChI=1S/C18H28O2/c19-16-12-7-5-3-1-2-4-6-8-13-17-20-18-14-10-9-11-15-18/h9-11,14-16H,1-8,12-13,17H2. The summed E-state index contributed by atoms with van der Waals surface area (Å²) >= 11 is 0. The molecule has 1 aromatic rings. The monoisotopic (exact) mass is 276 g/mol. The van der Waals surface area contributed by atoms with Crippen LogP contribution in [-0.4, -0.2) is 12.9 Å². The van der Waals surface area contributed by atoms with Gasteiger partial charge in [0.15, 0.2) is 0 Å². The van der Waals surface area contributed by atoms with E-state index in [2.05, 4.69) is 0 Å². The number of rotatable bonds is 13. The van der Waals surface area contributed by atoms with E-state index >= 15 is 0 Å². The number of ether oxygens (including phenoxy) is 1. The van der Waals surface area contributed by atoms with Crippen LogP contribution in [0.4, 0.5) is 0 Å². The highest BCUT2D eigenvalue weighted by Crippen LogP contribution is 2.12. The molecule has 0 radical (unpaired) electrons. The molecular formula is C18H28O2. The van der Waals surface area contributed by atoms with Crippen molar-refractivity contribution in [3.63, 3.8) is 0 Å². The molecule has 0 saturated carbocycles. The quantitative estimate of drug-likeness (QED) is 0.367. The highest BCUT2D eigenvalue weighted by atomic mass is 16.5. The van der Waals surface area contributed by atoms with Crippen LogP contribution in [-0.2, 0) is 4.79 Å². The van der Waals surface area contributed by atoms with Gasteiger partial charge in [-0.25, -0.2) is 0 Å². The Balaban J connectivity index is 1.78. The Bertz CT molecular complexity index is 321. The van der Waals surface area contributed by atoms with Crippen LogP contribution in [0.15, 0.2) is 30.3 Å². The predicted octanol–water partition coefficient (Wildman–Crippen LogP) is 5.17. The summed E-state index contributed by atoms with van der Waals surface area (Å²) in [5.74, 6) is 0.975. The Hall–Kier alpha value is -1.31. The highest BCUT2D eigenvalue weighted by molar-refractivity contribution is 5.48. The lowest BCUT2D eigenvalue weighted by Gasteiger charge is -2.05. The molecule has 0 amide bonds. The Labute approximate surface area is 123 Å². The molecule has 0 aliphatic heterocycles. The van der Waals surface area contributed by atoms with Gasteiger partial charge in [0, 0.05) is 6.42 Å². The van der Waals surface area contributed by atoms with Gasteiger partial charge in [-0.2, -0.15) is 0 Å². The van der Waals surface area contributed by atoms with E-state index in [1.165, 1.54) is 44.9 Å². The van der Waals surface area contributed by atoms with Gasteiger partial charge in [-0.1, -0.05) is 63.1 Å². The molecule has 2 nitrogen and oxygen atoms in total. The first-order valence-electron chi connectivity index (χ1n) is 8.05. The molecule has 1 rings (SSSR count). The Morgan fingerprint density at radius 3 is 1.90 bits per heavy atom. The number of carbonyl (C=O) groups excluding carboxylic acids is 1. The lowest BCUT2D eigenvalue weighted by atomic mass is 10.1. The Kier molecular flexibility index (Phi) is 10.6. The number of unbranched alkanes of at least 4 members (excludes halogenated alkanes) is 9. The number of benzene rings is 1. The molecule has 0 spiro atoms. The van der Waals surface area contributed by atoms with Gasteiger partial charge in [0.05, 0.1) is 6.61 Å². The number of hydrogen-bond acceptors (Lipinski definition) is 2. The molecule has 2 heteroatoms. The molecule has 0 bridgehead atoms. The van der Waals surface area contributed by atoms with E-state index in [1.54, 1.807) is 0 Å². The maximum absolute atomic E-state index is 10.1. The van der Waals surface area contributed by atoms with Crippen molar-refractivity contribution >= 4 is 6.29 Å². The summed E-state index contributed by atoms with van der Waals surface area (Å²) in [5.41, 5.74) is 0. The molecule has 0 unspecified atom stereocenters. The molecule has 112 valence electrons. The Morgan fingerprint density at radius 2 is 1.30 bits per heavy atom. The van der Waals surface area contributed by atoms with Gasteiger partial charge in [0.2, 0.25) is 0 Å². The average Bonchev–Trinajstić information content (AvgIpc) is 2.49. The fourth-order valence-corrected chi connectivity index (χ4v) is 2.27. The zero-order chi connectivity index (χ0) is 14.3. The summed E-state index contributed by atoms with van der Waals surface area (Å²) in [5, 5.41) is 0. The van der Waals surface area contributed by atoms with Gasteiger partial charge >= 0.3 is 0 Å². The minimum absolute atomic E-state index is 0.738. The van der Waals surface area contributed by atoms with Crippen molar-refractivity contribution in [3.05, 3.63) is 30.3 Å². The summed E-state index contributed by atoms with van der Waals surface area (Å²) in [4.78, 5) is 10.1. The van der Waals surface area contributed by atoms with Gasteiger partial charge in [-0.05, 0) is 25.0 Å². The minimum atomic E-state index is 0.738. The molecule has 0 saturated heterocycles. The normalized spacial score (nSPS) is 10.4. The molecule has 0 aromatic heterocycles. The Morgan fingerprint density at radius 1 is 0.750 bits per heavy atom. The molecular weight excluding hydrogens is 248 g/mol. The minimum Gasteiger partial charge on any atom is -0.494 e. The molecule has 0 heterocycles. The molecule has 0 N–H and O–H groups in total. The topological polar surface area (TPSA) is 26.3 Å².